The first-order valence-corrected chi connectivity index (χ1v) is 8.78. The van der Waals surface area contributed by atoms with Gasteiger partial charge >= 0.3 is 0 Å². The summed E-state index contributed by atoms with van der Waals surface area (Å²) in [5.74, 6) is -0.131. The van der Waals surface area contributed by atoms with Crippen LogP contribution in [0.2, 0.25) is 0 Å². The Morgan fingerprint density at radius 3 is 2.42 bits per heavy atom. The van der Waals surface area contributed by atoms with Crippen LogP contribution in [0.5, 0.6) is 0 Å². The van der Waals surface area contributed by atoms with E-state index >= 15 is 0 Å². The minimum Gasteiger partial charge on any atom is -0.354 e. The normalized spacial score (nSPS) is 10.7. The van der Waals surface area contributed by atoms with E-state index in [-0.39, 0.29) is 11.8 Å². The average molecular weight is 349 g/mol. The fourth-order valence-electron chi connectivity index (χ4n) is 2.99. The molecule has 26 heavy (non-hydrogen) atoms. The maximum Gasteiger partial charge on any atom is 0.253 e. The molecule has 2 amide bonds. The van der Waals surface area contributed by atoms with E-state index in [2.05, 4.69) is 10.6 Å². The molecule has 0 fully saturated rings. The smallest absolute Gasteiger partial charge is 0.253 e. The van der Waals surface area contributed by atoms with Gasteiger partial charge in [0.25, 0.3) is 5.91 Å². The Bertz CT molecular complexity index is 900. The van der Waals surface area contributed by atoms with E-state index in [0.29, 0.717) is 25.1 Å². The molecule has 0 spiro atoms. The molecule has 3 aromatic rings. The fourth-order valence-corrected chi connectivity index (χ4v) is 2.99. The van der Waals surface area contributed by atoms with Gasteiger partial charge in [0, 0.05) is 43.7 Å². The molecule has 1 heterocycles. The molecule has 1 aromatic heterocycles. The van der Waals surface area contributed by atoms with E-state index in [4.69, 9.17) is 0 Å². The van der Waals surface area contributed by atoms with E-state index < -0.39 is 0 Å². The molecule has 0 saturated carbocycles. The maximum atomic E-state index is 12.4. The topological polar surface area (TPSA) is 63.1 Å². The predicted octanol–water partition coefficient (Wildman–Crippen LogP) is 2.66. The lowest BCUT2D eigenvalue weighted by Crippen LogP contribution is -2.34. The Balaban J connectivity index is 1.43. The molecule has 0 unspecified atom stereocenters. The lowest BCUT2D eigenvalue weighted by Gasteiger charge is -2.07. The monoisotopic (exact) mass is 349 g/mol. The van der Waals surface area contributed by atoms with Gasteiger partial charge in [0.05, 0.1) is 5.56 Å². The molecule has 0 atom stereocenters. The number of rotatable bonds is 7. The van der Waals surface area contributed by atoms with Crippen molar-refractivity contribution >= 4 is 22.7 Å². The van der Waals surface area contributed by atoms with Crippen molar-refractivity contribution in [2.24, 2.45) is 7.05 Å². The predicted molar refractivity (Wildman–Crippen MR) is 103 cm³/mol. The van der Waals surface area contributed by atoms with Crippen molar-refractivity contribution in [3.63, 3.8) is 0 Å². The van der Waals surface area contributed by atoms with Gasteiger partial charge in [0.15, 0.2) is 0 Å². The highest BCUT2D eigenvalue weighted by Crippen LogP contribution is 2.19. The van der Waals surface area contributed by atoms with Crippen LogP contribution < -0.4 is 10.6 Å². The molecular weight excluding hydrogens is 326 g/mol. The Hall–Kier alpha value is -3.08. The van der Waals surface area contributed by atoms with Crippen molar-refractivity contribution in [1.82, 2.24) is 15.2 Å². The average Bonchev–Trinajstić information content (AvgIpc) is 3.01. The highest BCUT2D eigenvalue weighted by molar-refractivity contribution is 6.06. The number of nitrogens with one attached hydrogen (secondary N) is 2. The standard InChI is InChI=1S/C21H23N3O2/c1-24-15-18(17-9-5-6-10-19(17)24)21(26)23-14-13-22-20(25)12-11-16-7-3-2-4-8-16/h2-10,15H,11-14H2,1H3,(H,22,25)(H,23,26). The van der Waals surface area contributed by atoms with Gasteiger partial charge < -0.3 is 15.2 Å². The molecule has 0 radical (unpaired) electrons. The number of benzene rings is 2. The number of amides is 2. The minimum atomic E-state index is -0.125. The highest BCUT2D eigenvalue weighted by Gasteiger charge is 2.13. The van der Waals surface area contributed by atoms with Crippen molar-refractivity contribution in [3.8, 4) is 0 Å². The van der Waals surface area contributed by atoms with Crippen LogP contribution in [0.15, 0.2) is 60.8 Å². The first-order chi connectivity index (χ1) is 12.6. The van der Waals surface area contributed by atoms with Crippen molar-refractivity contribution in [2.75, 3.05) is 13.1 Å². The van der Waals surface area contributed by atoms with Crippen molar-refractivity contribution < 1.29 is 9.59 Å². The minimum absolute atomic E-state index is 0.00624. The Morgan fingerprint density at radius 2 is 1.62 bits per heavy atom. The number of hydrogen-bond donors (Lipinski definition) is 2. The van der Waals surface area contributed by atoms with E-state index in [1.807, 2.05) is 72.4 Å². The van der Waals surface area contributed by atoms with E-state index in [1.165, 1.54) is 0 Å². The van der Waals surface area contributed by atoms with Gasteiger partial charge in [-0.1, -0.05) is 48.5 Å². The van der Waals surface area contributed by atoms with Gasteiger partial charge in [-0.25, -0.2) is 0 Å². The largest absolute Gasteiger partial charge is 0.354 e. The third-order valence-corrected chi connectivity index (χ3v) is 4.36. The lowest BCUT2D eigenvalue weighted by molar-refractivity contribution is -0.121. The summed E-state index contributed by atoms with van der Waals surface area (Å²) in [4.78, 5) is 24.3. The Kier molecular flexibility index (Phi) is 5.69. The van der Waals surface area contributed by atoms with Gasteiger partial charge in [-0.3, -0.25) is 9.59 Å². The van der Waals surface area contributed by atoms with Crippen LogP contribution in [0, 0.1) is 0 Å². The maximum absolute atomic E-state index is 12.4. The van der Waals surface area contributed by atoms with E-state index in [0.717, 1.165) is 22.9 Å². The summed E-state index contributed by atoms with van der Waals surface area (Å²) >= 11 is 0. The van der Waals surface area contributed by atoms with Crippen LogP contribution in [0.1, 0.15) is 22.3 Å². The first-order valence-electron chi connectivity index (χ1n) is 8.78. The summed E-state index contributed by atoms with van der Waals surface area (Å²) in [7, 11) is 1.92. The van der Waals surface area contributed by atoms with Crippen LogP contribution in [0.4, 0.5) is 0 Å². The molecule has 3 rings (SSSR count). The Morgan fingerprint density at radius 1 is 0.923 bits per heavy atom. The summed E-state index contributed by atoms with van der Waals surface area (Å²) in [6.07, 6.45) is 2.99. The molecule has 2 aromatic carbocycles. The van der Waals surface area contributed by atoms with E-state index in [9.17, 15) is 9.59 Å². The number of carbonyl (C=O) groups is 2. The molecule has 0 aliphatic heterocycles. The quantitative estimate of drug-likeness (QED) is 0.644. The first kappa shape index (κ1) is 17.7. The third-order valence-electron chi connectivity index (χ3n) is 4.36. The van der Waals surface area contributed by atoms with Crippen molar-refractivity contribution in [2.45, 2.75) is 12.8 Å². The van der Waals surface area contributed by atoms with Crippen LogP contribution in [0.3, 0.4) is 0 Å². The van der Waals surface area contributed by atoms with Gasteiger partial charge in [-0.05, 0) is 18.1 Å². The molecule has 2 N–H and O–H groups in total. The van der Waals surface area contributed by atoms with Gasteiger partial charge in [-0.15, -0.1) is 0 Å². The summed E-state index contributed by atoms with van der Waals surface area (Å²) in [5.41, 5.74) is 2.82. The molecule has 0 bridgehead atoms. The number of carbonyl (C=O) groups excluding carboxylic acids is 2. The zero-order valence-electron chi connectivity index (χ0n) is 14.9. The zero-order chi connectivity index (χ0) is 18.4. The summed E-state index contributed by atoms with van der Waals surface area (Å²) in [6.45, 7) is 0.823. The highest BCUT2D eigenvalue weighted by atomic mass is 16.2. The van der Waals surface area contributed by atoms with Crippen molar-refractivity contribution in [3.05, 3.63) is 71.9 Å². The molecule has 0 saturated heterocycles. The van der Waals surface area contributed by atoms with E-state index in [1.54, 1.807) is 0 Å². The molecular formula is C21H23N3O2. The summed E-state index contributed by atoms with van der Waals surface area (Å²) < 4.78 is 1.94. The second-order valence-corrected chi connectivity index (χ2v) is 6.26. The molecule has 0 aliphatic carbocycles. The fraction of sp³-hybridized carbons (Fsp3) is 0.238. The zero-order valence-corrected chi connectivity index (χ0v) is 14.9. The second kappa shape index (κ2) is 8.34. The van der Waals surface area contributed by atoms with Crippen molar-refractivity contribution in [1.29, 1.82) is 0 Å². The number of aromatic nitrogens is 1. The number of para-hydroxylation sites is 1. The van der Waals surface area contributed by atoms with Crippen LogP contribution in [-0.4, -0.2) is 29.5 Å². The number of hydrogen-bond acceptors (Lipinski definition) is 2. The molecule has 5 nitrogen and oxygen atoms in total. The third kappa shape index (κ3) is 4.30. The molecule has 5 heteroatoms. The number of fused-ring (bicyclic) bond motifs is 1. The van der Waals surface area contributed by atoms with Crippen LogP contribution in [-0.2, 0) is 18.3 Å². The summed E-state index contributed by atoms with van der Waals surface area (Å²) in [6, 6.07) is 17.7. The summed E-state index contributed by atoms with van der Waals surface area (Å²) in [5, 5.41) is 6.64. The molecule has 0 aliphatic rings. The van der Waals surface area contributed by atoms with Crippen LogP contribution in [0.25, 0.3) is 10.9 Å². The second-order valence-electron chi connectivity index (χ2n) is 6.26. The van der Waals surface area contributed by atoms with Crippen LogP contribution >= 0.6 is 0 Å². The molecule has 134 valence electrons. The number of aryl methyl sites for hydroxylation is 2. The van der Waals surface area contributed by atoms with Gasteiger partial charge in [0.1, 0.15) is 0 Å². The number of nitrogens with zero attached hydrogens (tertiary/aromatic N) is 1. The van der Waals surface area contributed by atoms with Gasteiger partial charge in [-0.2, -0.15) is 0 Å². The SMILES string of the molecule is Cn1cc(C(=O)NCCNC(=O)CCc2ccccc2)c2ccccc21. The lowest BCUT2D eigenvalue weighted by atomic mass is 10.1. The van der Waals surface area contributed by atoms with Gasteiger partial charge in [0.2, 0.25) is 5.91 Å². The Labute approximate surface area is 153 Å².